The van der Waals surface area contributed by atoms with Crippen LogP contribution in [0.15, 0.2) is 6.20 Å². The zero-order valence-electron chi connectivity index (χ0n) is 6.75. The molecular weight excluding hydrogens is 215 g/mol. The maximum Gasteiger partial charge on any atom is 0.310 e. The Morgan fingerprint density at radius 3 is 2.85 bits per heavy atom. The van der Waals surface area contributed by atoms with Crippen molar-refractivity contribution in [1.82, 2.24) is 9.97 Å². The number of aromatic nitrogens is 2. The van der Waals surface area contributed by atoms with Crippen LogP contribution in [-0.4, -0.2) is 23.0 Å². The summed E-state index contributed by atoms with van der Waals surface area (Å²) in [5, 5.41) is 0.226. The summed E-state index contributed by atoms with van der Waals surface area (Å²) in [6.07, 6.45) is 1.45. The number of esters is 1. The summed E-state index contributed by atoms with van der Waals surface area (Å²) in [6.45, 7) is 0. The molecule has 70 valence electrons. The Kier molecular flexibility index (Phi) is 3.45. The highest BCUT2D eigenvalue weighted by Gasteiger charge is 2.08. The predicted molar refractivity (Wildman–Crippen MR) is 47.8 cm³/mol. The van der Waals surface area contributed by atoms with Crippen LogP contribution in [0.4, 0.5) is 0 Å². The molecule has 1 heterocycles. The molecule has 1 aromatic heterocycles. The van der Waals surface area contributed by atoms with Gasteiger partial charge in [0.05, 0.1) is 13.5 Å². The number of rotatable bonds is 2. The third-order valence-electron chi connectivity index (χ3n) is 1.34. The largest absolute Gasteiger partial charge is 0.469 e. The average molecular weight is 221 g/mol. The molecule has 0 radical (unpaired) electrons. The number of halogens is 2. The molecule has 0 N–H and O–H groups in total. The summed E-state index contributed by atoms with van der Waals surface area (Å²) >= 11 is 11.2. The first-order chi connectivity index (χ1) is 6.13. The lowest BCUT2D eigenvalue weighted by molar-refractivity contribution is -0.139. The molecule has 13 heavy (non-hydrogen) atoms. The highest BCUT2D eigenvalue weighted by atomic mass is 35.5. The second kappa shape index (κ2) is 4.39. The summed E-state index contributed by atoms with van der Waals surface area (Å²) in [5.74, 6) is -0.396. The van der Waals surface area contributed by atoms with Crippen LogP contribution in [0.25, 0.3) is 0 Å². The van der Waals surface area contributed by atoms with Gasteiger partial charge in [-0.25, -0.2) is 9.97 Å². The first kappa shape index (κ1) is 10.2. The van der Waals surface area contributed by atoms with Crippen molar-refractivity contribution in [2.75, 3.05) is 7.11 Å². The molecule has 0 unspecified atom stereocenters. The van der Waals surface area contributed by atoms with Crippen molar-refractivity contribution in [3.63, 3.8) is 0 Å². The Hall–Kier alpha value is -0.870. The zero-order chi connectivity index (χ0) is 9.84. The molecule has 6 heteroatoms. The van der Waals surface area contributed by atoms with Crippen LogP contribution in [-0.2, 0) is 16.0 Å². The Balaban J connectivity index is 2.83. The van der Waals surface area contributed by atoms with Crippen LogP contribution >= 0.6 is 23.2 Å². The van der Waals surface area contributed by atoms with Crippen LogP contribution in [0.3, 0.4) is 0 Å². The second-order valence-corrected chi connectivity index (χ2v) is 2.90. The fraction of sp³-hybridized carbons (Fsp3) is 0.286. The van der Waals surface area contributed by atoms with Crippen molar-refractivity contribution in [3.05, 3.63) is 22.2 Å². The molecule has 0 aliphatic rings. The van der Waals surface area contributed by atoms with E-state index in [4.69, 9.17) is 23.2 Å². The van der Waals surface area contributed by atoms with Crippen molar-refractivity contribution in [3.8, 4) is 0 Å². The maximum atomic E-state index is 10.8. The van der Waals surface area contributed by atoms with E-state index in [9.17, 15) is 4.79 Å². The lowest BCUT2D eigenvalue weighted by atomic mass is 10.2. The normalized spacial score (nSPS) is 9.77. The average Bonchev–Trinajstić information content (AvgIpc) is 2.09. The third kappa shape index (κ3) is 2.82. The first-order valence-corrected chi connectivity index (χ1v) is 4.13. The molecule has 1 rings (SSSR count). The number of nitrogens with zero attached hydrogens (tertiary/aromatic N) is 2. The van der Waals surface area contributed by atoms with Gasteiger partial charge in [0.1, 0.15) is 5.15 Å². The minimum absolute atomic E-state index is 0.0481. The Labute approximate surface area is 84.8 Å². The summed E-state index contributed by atoms with van der Waals surface area (Å²) in [6, 6.07) is 0. The lowest BCUT2D eigenvalue weighted by Crippen LogP contribution is -2.06. The van der Waals surface area contributed by atoms with E-state index in [0.717, 1.165) is 0 Å². The smallest absolute Gasteiger partial charge is 0.310 e. The van der Waals surface area contributed by atoms with E-state index < -0.39 is 5.97 Å². The fourth-order valence-corrected chi connectivity index (χ4v) is 1.08. The van der Waals surface area contributed by atoms with E-state index >= 15 is 0 Å². The van der Waals surface area contributed by atoms with E-state index in [0.29, 0.717) is 5.56 Å². The van der Waals surface area contributed by atoms with Crippen LogP contribution in [0, 0.1) is 0 Å². The van der Waals surface area contributed by atoms with Crippen molar-refractivity contribution in [2.24, 2.45) is 0 Å². The molecule has 0 saturated carbocycles. The molecule has 0 fully saturated rings. The molecule has 1 aromatic rings. The minimum atomic E-state index is -0.396. The van der Waals surface area contributed by atoms with Crippen LogP contribution < -0.4 is 0 Å². The molecule has 0 aliphatic heterocycles. The van der Waals surface area contributed by atoms with Gasteiger partial charge in [-0.2, -0.15) is 0 Å². The molecular formula is C7H6Cl2N2O2. The molecule has 0 aromatic carbocycles. The number of carbonyl (C=O) groups excluding carboxylic acids is 1. The van der Waals surface area contributed by atoms with Gasteiger partial charge in [-0.3, -0.25) is 4.79 Å². The standard InChI is InChI=1S/C7H6Cl2N2O2/c1-13-5(12)2-4-3-10-7(9)11-6(4)8/h3H,2H2,1H3. The summed E-state index contributed by atoms with van der Waals surface area (Å²) in [7, 11) is 1.30. The van der Waals surface area contributed by atoms with E-state index in [-0.39, 0.29) is 16.9 Å². The maximum absolute atomic E-state index is 10.8. The van der Waals surface area contributed by atoms with E-state index in [2.05, 4.69) is 14.7 Å². The Bertz CT molecular complexity index is 330. The third-order valence-corrected chi connectivity index (χ3v) is 1.85. The highest BCUT2D eigenvalue weighted by molar-refractivity contribution is 6.32. The SMILES string of the molecule is COC(=O)Cc1cnc(Cl)nc1Cl. The van der Waals surface area contributed by atoms with Crippen molar-refractivity contribution >= 4 is 29.2 Å². The molecule has 0 bridgehead atoms. The van der Waals surface area contributed by atoms with Crippen molar-refractivity contribution in [1.29, 1.82) is 0 Å². The van der Waals surface area contributed by atoms with Gasteiger partial charge >= 0.3 is 5.97 Å². The number of methoxy groups -OCH3 is 1. The monoisotopic (exact) mass is 220 g/mol. The molecule has 0 spiro atoms. The summed E-state index contributed by atoms with van der Waals surface area (Å²) in [4.78, 5) is 18.2. The number of carbonyl (C=O) groups is 1. The summed E-state index contributed by atoms with van der Waals surface area (Å²) < 4.78 is 4.45. The molecule has 0 saturated heterocycles. The Morgan fingerprint density at radius 1 is 1.62 bits per heavy atom. The quantitative estimate of drug-likeness (QED) is 0.431. The predicted octanol–water partition coefficient (Wildman–Crippen LogP) is 1.50. The van der Waals surface area contributed by atoms with Gasteiger partial charge < -0.3 is 4.74 Å². The van der Waals surface area contributed by atoms with Crippen LogP contribution in [0.2, 0.25) is 10.4 Å². The van der Waals surface area contributed by atoms with Gasteiger partial charge in [0.2, 0.25) is 5.28 Å². The van der Waals surface area contributed by atoms with Gasteiger partial charge in [-0.05, 0) is 11.6 Å². The first-order valence-electron chi connectivity index (χ1n) is 3.37. The van der Waals surface area contributed by atoms with Gasteiger partial charge in [-0.1, -0.05) is 11.6 Å². The Morgan fingerprint density at radius 2 is 2.31 bits per heavy atom. The topological polar surface area (TPSA) is 52.1 Å². The molecule has 0 amide bonds. The lowest BCUT2D eigenvalue weighted by Gasteiger charge is -2.00. The molecule has 0 atom stereocenters. The van der Waals surface area contributed by atoms with Gasteiger partial charge in [-0.15, -0.1) is 0 Å². The second-order valence-electron chi connectivity index (χ2n) is 2.21. The fourth-order valence-electron chi connectivity index (χ4n) is 0.712. The molecule has 0 aliphatic carbocycles. The molecule has 4 nitrogen and oxygen atoms in total. The zero-order valence-corrected chi connectivity index (χ0v) is 8.26. The van der Waals surface area contributed by atoms with Crippen molar-refractivity contribution in [2.45, 2.75) is 6.42 Å². The number of hydrogen-bond donors (Lipinski definition) is 0. The van der Waals surface area contributed by atoms with E-state index in [1.807, 2.05) is 0 Å². The minimum Gasteiger partial charge on any atom is -0.469 e. The highest BCUT2D eigenvalue weighted by Crippen LogP contribution is 2.14. The van der Waals surface area contributed by atoms with E-state index in [1.165, 1.54) is 13.3 Å². The van der Waals surface area contributed by atoms with Gasteiger partial charge in [0, 0.05) is 11.8 Å². The van der Waals surface area contributed by atoms with Crippen LogP contribution in [0.5, 0.6) is 0 Å². The van der Waals surface area contributed by atoms with Crippen LogP contribution in [0.1, 0.15) is 5.56 Å². The van der Waals surface area contributed by atoms with Gasteiger partial charge in [0.15, 0.2) is 0 Å². The van der Waals surface area contributed by atoms with Gasteiger partial charge in [0.25, 0.3) is 0 Å². The number of hydrogen-bond acceptors (Lipinski definition) is 4. The van der Waals surface area contributed by atoms with E-state index in [1.54, 1.807) is 0 Å². The van der Waals surface area contributed by atoms with Crippen molar-refractivity contribution < 1.29 is 9.53 Å². The summed E-state index contributed by atoms with van der Waals surface area (Å²) in [5.41, 5.74) is 0.498. The number of ether oxygens (including phenoxy) is 1.